The Hall–Kier alpha value is -2.42. The van der Waals surface area contributed by atoms with Crippen molar-refractivity contribution in [1.82, 2.24) is 0 Å². The molecule has 0 saturated heterocycles. The first-order chi connectivity index (χ1) is 15.0. The molecule has 0 heterocycles. The van der Waals surface area contributed by atoms with Crippen LogP contribution in [0.2, 0.25) is 0 Å². The maximum absolute atomic E-state index is 14.3. The Morgan fingerprint density at radius 1 is 1.26 bits per heavy atom. The summed E-state index contributed by atoms with van der Waals surface area (Å²) in [5.41, 5.74) is 5.69. The number of benzene rings is 1. The van der Waals surface area contributed by atoms with Gasteiger partial charge in [0.15, 0.2) is 0 Å². The van der Waals surface area contributed by atoms with Gasteiger partial charge in [0, 0.05) is 5.70 Å². The molecule has 1 unspecified atom stereocenters. The molecule has 1 saturated carbocycles. The van der Waals surface area contributed by atoms with Gasteiger partial charge in [0.1, 0.15) is 5.82 Å². The molecular weight excluding hydrogens is 383 g/mol. The van der Waals surface area contributed by atoms with Crippen LogP contribution in [0, 0.1) is 23.1 Å². The minimum atomic E-state index is -0.257. The molecule has 2 nitrogen and oxygen atoms in total. The molecule has 0 spiro atoms. The van der Waals surface area contributed by atoms with Gasteiger partial charge in [0.25, 0.3) is 0 Å². The normalized spacial score (nSPS) is 18.0. The molecular formula is C28H37FN2. The average molecular weight is 421 g/mol. The highest BCUT2D eigenvalue weighted by Crippen LogP contribution is 2.44. The van der Waals surface area contributed by atoms with Crippen LogP contribution in [0.15, 0.2) is 65.4 Å². The number of nitrogens with one attached hydrogen (secondary N) is 2. The molecule has 31 heavy (non-hydrogen) atoms. The molecule has 2 aliphatic carbocycles. The van der Waals surface area contributed by atoms with Crippen molar-refractivity contribution >= 4 is 11.4 Å². The van der Waals surface area contributed by atoms with E-state index in [1.807, 2.05) is 24.3 Å². The van der Waals surface area contributed by atoms with Gasteiger partial charge < -0.3 is 10.7 Å². The van der Waals surface area contributed by atoms with E-state index in [0.717, 1.165) is 48.8 Å². The van der Waals surface area contributed by atoms with Gasteiger partial charge >= 0.3 is 0 Å². The highest BCUT2D eigenvalue weighted by atomic mass is 19.1. The van der Waals surface area contributed by atoms with Crippen LogP contribution in [0.4, 0.5) is 10.1 Å². The monoisotopic (exact) mass is 420 g/mol. The Labute approximate surface area is 187 Å². The lowest BCUT2D eigenvalue weighted by molar-refractivity contribution is 0.501. The van der Waals surface area contributed by atoms with Crippen molar-refractivity contribution in [2.45, 2.75) is 72.1 Å². The summed E-state index contributed by atoms with van der Waals surface area (Å²) in [7, 11) is 0. The lowest BCUT2D eigenvalue weighted by Crippen LogP contribution is -2.08. The van der Waals surface area contributed by atoms with Crippen molar-refractivity contribution in [1.29, 1.82) is 5.41 Å². The Bertz CT molecular complexity index is 900. The van der Waals surface area contributed by atoms with Crippen LogP contribution in [-0.2, 0) is 6.42 Å². The van der Waals surface area contributed by atoms with Gasteiger partial charge in [-0.3, -0.25) is 0 Å². The lowest BCUT2D eigenvalue weighted by atomic mass is 9.84. The summed E-state index contributed by atoms with van der Waals surface area (Å²) in [5, 5.41) is 11.6. The molecule has 1 aromatic carbocycles. The third-order valence-corrected chi connectivity index (χ3v) is 6.31. The van der Waals surface area contributed by atoms with E-state index in [0.29, 0.717) is 11.4 Å². The maximum atomic E-state index is 14.3. The molecule has 3 heteroatoms. The standard InChI is InChI=1S/C28H37FN2/c1-4-8-25(31-28-18-20(5-2)12-16-27(28)29)19-24(30)15-11-21-9-7-10-23(17-21)26(6-3)22-13-14-22/h9,11-12,15-19,22,26,30-31H,4-8,10,13-14H2,1-3H3/b15-11+,25-19-,30-24?. The molecule has 0 aliphatic heterocycles. The Morgan fingerprint density at radius 2 is 2.06 bits per heavy atom. The zero-order chi connectivity index (χ0) is 22.2. The number of aryl methyl sites for hydroxylation is 1. The van der Waals surface area contributed by atoms with Crippen molar-refractivity contribution in [2.75, 3.05) is 5.32 Å². The fourth-order valence-electron chi connectivity index (χ4n) is 4.48. The fourth-order valence-corrected chi connectivity index (χ4v) is 4.48. The number of hydrogen-bond acceptors (Lipinski definition) is 2. The van der Waals surface area contributed by atoms with Gasteiger partial charge in [-0.1, -0.05) is 57.1 Å². The minimum absolute atomic E-state index is 0.257. The summed E-state index contributed by atoms with van der Waals surface area (Å²) < 4.78 is 14.3. The van der Waals surface area contributed by atoms with Gasteiger partial charge in [-0.05, 0) is 92.2 Å². The van der Waals surface area contributed by atoms with E-state index in [9.17, 15) is 4.39 Å². The second-order valence-corrected chi connectivity index (χ2v) is 8.82. The number of allylic oxidation sites excluding steroid dienone is 8. The van der Waals surface area contributed by atoms with E-state index < -0.39 is 0 Å². The van der Waals surface area contributed by atoms with E-state index in [1.54, 1.807) is 5.57 Å². The van der Waals surface area contributed by atoms with Crippen molar-refractivity contribution in [2.24, 2.45) is 11.8 Å². The van der Waals surface area contributed by atoms with Crippen LogP contribution in [0.1, 0.15) is 71.3 Å². The lowest BCUT2D eigenvalue weighted by Gasteiger charge is -2.21. The predicted octanol–water partition coefficient (Wildman–Crippen LogP) is 8.14. The summed E-state index contributed by atoms with van der Waals surface area (Å²) in [6.45, 7) is 6.46. The Balaban J connectivity index is 1.69. The van der Waals surface area contributed by atoms with Crippen LogP contribution in [0.25, 0.3) is 0 Å². The number of hydrogen-bond donors (Lipinski definition) is 2. The highest BCUT2D eigenvalue weighted by molar-refractivity contribution is 6.02. The Morgan fingerprint density at radius 3 is 2.74 bits per heavy atom. The van der Waals surface area contributed by atoms with Crippen LogP contribution >= 0.6 is 0 Å². The van der Waals surface area contributed by atoms with Gasteiger partial charge in [-0.15, -0.1) is 0 Å². The largest absolute Gasteiger partial charge is 0.356 e. The second kappa shape index (κ2) is 11.3. The number of anilines is 1. The van der Waals surface area contributed by atoms with Gasteiger partial charge in [0.05, 0.1) is 11.4 Å². The molecule has 166 valence electrons. The van der Waals surface area contributed by atoms with Crippen molar-refractivity contribution in [3.8, 4) is 0 Å². The Kier molecular flexibility index (Phi) is 8.45. The quantitative estimate of drug-likeness (QED) is 0.348. The summed E-state index contributed by atoms with van der Waals surface area (Å²) >= 11 is 0. The van der Waals surface area contributed by atoms with E-state index in [2.05, 4.69) is 44.3 Å². The molecule has 1 fully saturated rings. The number of halogens is 1. The van der Waals surface area contributed by atoms with Crippen LogP contribution in [0.5, 0.6) is 0 Å². The third kappa shape index (κ3) is 6.78. The molecule has 2 N–H and O–H groups in total. The molecule has 2 aliphatic rings. The van der Waals surface area contributed by atoms with Crippen LogP contribution in [0.3, 0.4) is 0 Å². The summed E-state index contributed by atoms with van der Waals surface area (Å²) in [6.07, 6.45) is 19.2. The average Bonchev–Trinajstić information content (AvgIpc) is 3.60. The zero-order valence-electron chi connectivity index (χ0n) is 19.3. The third-order valence-electron chi connectivity index (χ3n) is 6.31. The molecule has 0 amide bonds. The smallest absolute Gasteiger partial charge is 0.146 e. The minimum Gasteiger partial charge on any atom is -0.356 e. The fraction of sp³-hybridized carbons (Fsp3) is 0.464. The van der Waals surface area contributed by atoms with Gasteiger partial charge in [-0.25, -0.2) is 4.39 Å². The zero-order valence-corrected chi connectivity index (χ0v) is 19.3. The molecule has 1 atom stereocenters. The highest BCUT2D eigenvalue weighted by Gasteiger charge is 2.32. The van der Waals surface area contributed by atoms with Crippen molar-refractivity contribution in [3.63, 3.8) is 0 Å². The van der Waals surface area contributed by atoms with E-state index in [-0.39, 0.29) is 5.82 Å². The van der Waals surface area contributed by atoms with Gasteiger partial charge in [0.2, 0.25) is 0 Å². The summed E-state index contributed by atoms with van der Waals surface area (Å²) in [4.78, 5) is 0. The van der Waals surface area contributed by atoms with E-state index in [4.69, 9.17) is 5.41 Å². The maximum Gasteiger partial charge on any atom is 0.146 e. The molecule has 1 aromatic rings. The molecule has 0 aromatic heterocycles. The van der Waals surface area contributed by atoms with Gasteiger partial charge in [-0.2, -0.15) is 0 Å². The van der Waals surface area contributed by atoms with Crippen molar-refractivity contribution in [3.05, 3.63) is 76.8 Å². The van der Waals surface area contributed by atoms with Crippen LogP contribution in [-0.4, -0.2) is 5.71 Å². The first-order valence-corrected chi connectivity index (χ1v) is 12.0. The second-order valence-electron chi connectivity index (χ2n) is 8.82. The summed E-state index contributed by atoms with van der Waals surface area (Å²) in [6, 6.07) is 5.20. The first kappa shape index (κ1) is 23.2. The summed E-state index contributed by atoms with van der Waals surface area (Å²) in [5.74, 6) is 1.38. The topological polar surface area (TPSA) is 35.9 Å². The van der Waals surface area contributed by atoms with E-state index in [1.165, 1.54) is 37.3 Å². The molecule has 0 radical (unpaired) electrons. The predicted molar refractivity (Wildman–Crippen MR) is 131 cm³/mol. The number of rotatable bonds is 11. The first-order valence-electron chi connectivity index (χ1n) is 12.0. The molecule has 3 rings (SSSR count). The van der Waals surface area contributed by atoms with Crippen molar-refractivity contribution < 1.29 is 4.39 Å². The van der Waals surface area contributed by atoms with Crippen LogP contribution < -0.4 is 5.32 Å². The SMILES string of the molecule is CCC/C(=C/C(=N)/C=C/C1=CCCC(C(CC)C2CC2)=C1)Nc1cc(CC)ccc1F. The molecule has 0 bridgehead atoms. The van der Waals surface area contributed by atoms with E-state index >= 15 is 0 Å².